The Balaban J connectivity index is 1.73. The van der Waals surface area contributed by atoms with Crippen LogP contribution in [0.1, 0.15) is 12.5 Å². The van der Waals surface area contributed by atoms with Crippen molar-refractivity contribution in [1.82, 2.24) is 24.5 Å². The predicted molar refractivity (Wildman–Crippen MR) is 106 cm³/mol. The SMILES string of the molecule is C[C@@H](Sc1nc2c([nH]1)c(=O)n(C)c(=O)n2C)C(=O)N/N=C/c1ccccc1O. The number of hydrogen-bond acceptors (Lipinski definition) is 7. The second kappa shape index (κ2) is 7.72. The van der Waals surface area contributed by atoms with E-state index in [2.05, 4.69) is 20.5 Å². The molecule has 3 N–H and O–H groups in total. The van der Waals surface area contributed by atoms with Gasteiger partial charge in [-0.15, -0.1) is 0 Å². The molecule has 0 fully saturated rings. The van der Waals surface area contributed by atoms with E-state index >= 15 is 0 Å². The molecular weight excluding hydrogens is 384 g/mol. The molecule has 3 rings (SSSR count). The number of aromatic nitrogens is 4. The van der Waals surface area contributed by atoms with Crippen molar-refractivity contribution in [2.45, 2.75) is 17.3 Å². The Kier molecular flexibility index (Phi) is 5.36. The predicted octanol–water partition coefficient (Wildman–Crippen LogP) is 0.297. The van der Waals surface area contributed by atoms with E-state index < -0.39 is 16.5 Å². The summed E-state index contributed by atoms with van der Waals surface area (Å²) in [4.78, 5) is 43.5. The Labute approximate surface area is 162 Å². The monoisotopic (exact) mass is 402 g/mol. The number of nitrogens with zero attached hydrogens (tertiary/aromatic N) is 4. The number of H-pyrrole nitrogens is 1. The molecule has 0 bridgehead atoms. The van der Waals surface area contributed by atoms with Crippen LogP contribution >= 0.6 is 11.8 Å². The zero-order valence-electron chi connectivity index (χ0n) is 15.3. The highest BCUT2D eigenvalue weighted by Gasteiger charge is 2.19. The molecule has 0 spiro atoms. The zero-order valence-corrected chi connectivity index (χ0v) is 16.1. The van der Waals surface area contributed by atoms with Gasteiger partial charge in [0, 0.05) is 19.7 Å². The number of hydrogen-bond donors (Lipinski definition) is 3. The van der Waals surface area contributed by atoms with Gasteiger partial charge in [-0.2, -0.15) is 5.10 Å². The summed E-state index contributed by atoms with van der Waals surface area (Å²) >= 11 is 1.09. The molecule has 10 nitrogen and oxygen atoms in total. The molecule has 1 aromatic carbocycles. The number of phenolic OH excluding ortho intramolecular Hbond substituents is 1. The average molecular weight is 402 g/mol. The van der Waals surface area contributed by atoms with Gasteiger partial charge in [-0.1, -0.05) is 23.9 Å². The lowest BCUT2D eigenvalue weighted by Crippen LogP contribution is -2.36. The van der Waals surface area contributed by atoms with E-state index in [1.54, 1.807) is 25.1 Å². The average Bonchev–Trinajstić information content (AvgIpc) is 3.10. The Hall–Kier alpha value is -3.34. The maximum atomic E-state index is 12.2. The van der Waals surface area contributed by atoms with Crippen molar-refractivity contribution < 1.29 is 9.90 Å². The maximum absolute atomic E-state index is 12.2. The summed E-state index contributed by atoms with van der Waals surface area (Å²) in [6.45, 7) is 1.65. The number of fused-ring (bicyclic) bond motifs is 1. The van der Waals surface area contributed by atoms with Crippen molar-refractivity contribution in [1.29, 1.82) is 0 Å². The van der Waals surface area contributed by atoms with Crippen LogP contribution in [0.4, 0.5) is 0 Å². The molecule has 0 saturated carbocycles. The van der Waals surface area contributed by atoms with Crippen LogP contribution in [0.3, 0.4) is 0 Å². The largest absolute Gasteiger partial charge is 0.507 e. The molecule has 2 heterocycles. The first-order chi connectivity index (χ1) is 13.3. The summed E-state index contributed by atoms with van der Waals surface area (Å²) in [5.74, 6) is -0.337. The molecule has 0 radical (unpaired) electrons. The van der Waals surface area contributed by atoms with Gasteiger partial charge < -0.3 is 10.1 Å². The van der Waals surface area contributed by atoms with Crippen LogP contribution < -0.4 is 16.7 Å². The van der Waals surface area contributed by atoms with E-state index in [0.29, 0.717) is 10.7 Å². The number of benzene rings is 1. The third-order valence-electron chi connectivity index (χ3n) is 4.05. The minimum absolute atomic E-state index is 0.0531. The summed E-state index contributed by atoms with van der Waals surface area (Å²) in [7, 11) is 2.90. The van der Waals surface area contributed by atoms with Crippen molar-refractivity contribution in [2.24, 2.45) is 19.2 Å². The first-order valence-electron chi connectivity index (χ1n) is 8.23. The van der Waals surface area contributed by atoms with Crippen LogP contribution in [0, 0.1) is 0 Å². The Morgan fingerprint density at radius 3 is 2.75 bits per heavy atom. The second-order valence-electron chi connectivity index (χ2n) is 6.00. The highest BCUT2D eigenvalue weighted by Crippen LogP contribution is 2.21. The summed E-state index contributed by atoms with van der Waals surface area (Å²) in [5, 5.41) is 13.2. The number of rotatable bonds is 5. The number of nitrogens with one attached hydrogen (secondary N) is 2. The van der Waals surface area contributed by atoms with Crippen molar-refractivity contribution in [3.05, 3.63) is 50.7 Å². The lowest BCUT2D eigenvalue weighted by atomic mass is 10.2. The summed E-state index contributed by atoms with van der Waals surface area (Å²) < 4.78 is 2.25. The Morgan fingerprint density at radius 1 is 1.32 bits per heavy atom. The van der Waals surface area contributed by atoms with Gasteiger partial charge >= 0.3 is 5.69 Å². The molecule has 1 amide bonds. The Bertz CT molecular complexity index is 1190. The van der Waals surface area contributed by atoms with Gasteiger partial charge in [-0.05, 0) is 19.1 Å². The van der Waals surface area contributed by atoms with Crippen molar-refractivity contribution in [3.63, 3.8) is 0 Å². The fourth-order valence-electron chi connectivity index (χ4n) is 2.43. The lowest BCUT2D eigenvalue weighted by Gasteiger charge is -2.06. The fraction of sp³-hybridized carbons (Fsp3) is 0.235. The number of thioether (sulfide) groups is 1. The van der Waals surface area contributed by atoms with Crippen LogP contribution in [-0.4, -0.2) is 41.6 Å². The third kappa shape index (κ3) is 3.69. The van der Waals surface area contributed by atoms with Crippen LogP contribution in [0.15, 0.2) is 44.1 Å². The molecular formula is C17H18N6O4S. The molecule has 28 heavy (non-hydrogen) atoms. The number of phenols is 1. The quantitative estimate of drug-likeness (QED) is 0.319. The standard InChI is InChI=1S/C17H18N6O4S/c1-9(14(25)21-18-8-10-6-4-5-7-11(10)24)28-16-19-12-13(20-16)22(2)17(27)23(3)15(12)26/h4-9,24H,1-3H3,(H,19,20)(H,21,25)/b18-8+/t9-/m1/s1. The first-order valence-corrected chi connectivity index (χ1v) is 9.11. The normalized spacial score (nSPS) is 12.5. The van der Waals surface area contributed by atoms with Crippen molar-refractivity contribution in [3.8, 4) is 5.75 Å². The number of imidazole rings is 1. The highest BCUT2D eigenvalue weighted by atomic mass is 32.2. The molecule has 0 aliphatic rings. The lowest BCUT2D eigenvalue weighted by molar-refractivity contribution is -0.120. The maximum Gasteiger partial charge on any atom is 0.332 e. The van der Waals surface area contributed by atoms with E-state index in [0.717, 1.165) is 16.3 Å². The number of aryl methyl sites for hydroxylation is 1. The highest BCUT2D eigenvalue weighted by molar-refractivity contribution is 8.00. The number of aromatic hydroxyl groups is 1. The van der Waals surface area contributed by atoms with Crippen molar-refractivity contribution in [2.75, 3.05) is 0 Å². The molecule has 1 atom stereocenters. The van der Waals surface area contributed by atoms with Gasteiger partial charge in [0.25, 0.3) is 11.5 Å². The number of carbonyl (C=O) groups excluding carboxylic acids is 1. The number of amides is 1. The van der Waals surface area contributed by atoms with Crippen LogP contribution in [0.5, 0.6) is 5.75 Å². The number of hydrazone groups is 1. The molecule has 0 aliphatic carbocycles. The third-order valence-corrected chi connectivity index (χ3v) is 5.03. The summed E-state index contributed by atoms with van der Waals surface area (Å²) in [6, 6.07) is 6.59. The number of carbonyl (C=O) groups is 1. The van der Waals surface area contributed by atoms with Gasteiger partial charge in [-0.25, -0.2) is 15.2 Å². The van der Waals surface area contributed by atoms with Gasteiger partial charge in [0.1, 0.15) is 5.75 Å². The van der Waals surface area contributed by atoms with Crippen LogP contribution in [0.25, 0.3) is 11.2 Å². The van der Waals surface area contributed by atoms with Gasteiger partial charge in [0.2, 0.25) is 0 Å². The summed E-state index contributed by atoms with van der Waals surface area (Å²) in [5.41, 5.74) is 2.31. The molecule has 0 unspecified atom stereocenters. The molecule has 3 aromatic rings. The van der Waals surface area contributed by atoms with Crippen LogP contribution in [-0.2, 0) is 18.9 Å². The van der Waals surface area contributed by atoms with Gasteiger partial charge in [0.05, 0.1) is 11.5 Å². The second-order valence-corrected chi connectivity index (χ2v) is 7.33. The van der Waals surface area contributed by atoms with E-state index in [-0.39, 0.29) is 22.8 Å². The Morgan fingerprint density at radius 2 is 2.04 bits per heavy atom. The number of aromatic amines is 1. The fourth-order valence-corrected chi connectivity index (χ4v) is 3.23. The minimum Gasteiger partial charge on any atom is -0.507 e. The van der Waals surface area contributed by atoms with Gasteiger partial charge in [-0.3, -0.25) is 18.7 Å². The van der Waals surface area contributed by atoms with E-state index in [4.69, 9.17) is 0 Å². The number of para-hydroxylation sites is 1. The first kappa shape index (κ1) is 19.4. The smallest absolute Gasteiger partial charge is 0.332 e. The molecule has 11 heteroatoms. The van der Waals surface area contributed by atoms with E-state index in [1.807, 2.05) is 0 Å². The minimum atomic E-state index is -0.581. The van der Waals surface area contributed by atoms with E-state index in [9.17, 15) is 19.5 Å². The zero-order chi connectivity index (χ0) is 20.4. The van der Waals surface area contributed by atoms with Crippen molar-refractivity contribution >= 4 is 35.0 Å². The van der Waals surface area contributed by atoms with Crippen LogP contribution in [0.2, 0.25) is 0 Å². The molecule has 146 valence electrons. The molecule has 0 aliphatic heterocycles. The van der Waals surface area contributed by atoms with Gasteiger partial charge in [0.15, 0.2) is 16.3 Å². The van der Waals surface area contributed by atoms with E-state index in [1.165, 1.54) is 30.9 Å². The molecule has 0 saturated heterocycles. The molecule has 2 aromatic heterocycles. The summed E-state index contributed by atoms with van der Waals surface area (Å²) in [6.07, 6.45) is 1.34. The topological polar surface area (TPSA) is 134 Å².